The van der Waals surface area contributed by atoms with Gasteiger partial charge in [-0.2, -0.15) is 0 Å². The highest BCUT2D eigenvalue weighted by Crippen LogP contribution is 2.15. The molecule has 0 aromatic rings. The van der Waals surface area contributed by atoms with Gasteiger partial charge in [-0.1, -0.05) is 0 Å². The Bertz CT molecular complexity index is 90.9. The van der Waals surface area contributed by atoms with Crippen LogP contribution in [0.2, 0.25) is 0 Å². The summed E-state index contributed by atoms with van der Waals surface area (Å²) in [6.45, 7) is 1.27. The van der Waals surface area contributed by atoms with Gasteiger partial charge in [-0.05, 0) is 40.5 Å². The van der Waals surface area contributed by atoms with Crippen LogP contribution < -0.4 is 0 Å². The van der Waals surface area contributed by atoms with Gasteiger partial charge in [0.2, 0.25) is 0 Å². The van der Waals surface area contributed by atoms with Crippen molar-refractivity contribution in [2.45, 2.75) is 19.0 Å². The first-order chi connectivity index (χ1) is 4.22. The Morgan fingerprint density at radius 2 is 2.11 bits per heavy atom. The molecule has 2 nitrogen and oxygen atoms in total. The van der Waals surface area contributed by atoms with Crippen LogP contribution >= 0.6 is 0 Å². The summed E-state index contributed by atoms with van der Waals surface area (Å²) < 4.78 is 0. The zero-order chi connectivity index (χ0) is 6.85. The molecule has 1 aliphatic rings. The first-order valence-electron chi connectivity index (χ1n) is 3.58. The molecule has 0 aliphatic carbocycles. The highest BCUT2D eigenvalue weighted by molar-refractivity contribution is 4.73. The molecule has 0 N–H and O–H groups in total. The fourth-order valence-corrected chi connectivity index (χ4v) is 1.55. The summed E-state index contributed by atoms with van der Waals surface area (Å²) in [5.41, 5.74) is 0. The van der Waals surface area contributed by atoms with Gasteiger partial charge in [0, 0.05) is 0 Å². The second-order valence-electron chi connectivity index (χ2n) is 3.07. The normalized spacial score (nSPS) is 30.0. The fourth-order valence-electron chi connectivity index (χ4n) is 1.55. The maximum Gasteiger partial charge on any atom is 0.0615 e. The third-order valence-corrected chi connectivity index (χ3v) is 2.08. The van der Waals surface area contributed by atoms with Crippen LogP contribution in [0.15, 0.2) is 0 Å². The summed E-state index contributed by atoms with van der Waals surface area (Å²) in [4.78, 5) is 4.69. The molecule has 1 rings (SSSR count). The maximum absolute atomic E-state index is 2.40. The zero-order valence-electron chi connectivity index (χ0n) is 6.59. The van der Waals surface area contributed by atoms with E-state index < -0.39 is 0 Å². The van der Waals surface area contributed by atoms with E-state index in [-0.39, 0.29) is 0 Å². The average Bonchev–Trinajstić information content (AvgIpc) is 2.13. The van der Waals surface area contributed by atoms with Crippen molar-refractivity contribution in [3.63, 3.8) is 0 Å². The summed E-state index contributed by atoms with van der Waals surface area (Å²) in [5.74, 6) is 0. The SMILES string of the molecule is CN(C)C1CCCN1C. The van der Waals surface area contributed by atoms with E-state index in [4.69, 9.17) is 0 Å². The molecule has 1 saturated heterocycles. The summed E-state index contributed by atoms with van der Waals surface area (Å²) >= 11 is 0. The second kappa shape index (κ2) is 2.67. The second-order valence-corrected chi connectivity index (χ2v) is 3.07. The van der Waals surface area contributed by atoms with Crippen molar-refractivity contribution < 1.29 is 0 Å². The first-order valence-corrected chi connectivity index (χ1v) is 3.58. The molecule has 0 aromatic carbocycles. The van der Waals surface area contributed by atoms with Crippen molar-refractivity contribution in [3.05, 3.63) is 0 Å². The smallest absolute Gasteiger partial charge is 0.0615 e. The molecule has 1 heterocycles. The molecule has 1 fully saturated rings. The molecule has 0 aromatic heterocycles. The lowest BCUT2D eigenvalue weighted by Gasteiger charge is -2.25. The minimum atomic E-state index is 0.699. The van der Waals surface area contributed by atoms with Gasteiger partial charge in [0.25, 0.3) is 0 Å². The molecule has 1 atom stereocenters. The molecule has 0 amide bonds. The van der Waals surface area contributed by atoms with E-state index in [2.05, 4.69) is 30.9 Å². The van der Waals surface area contributed by atoms with Crippen LogP contribution in [0.4, 0.5) is 0 Å². The van der Waals surface area contributed by atoms with Crippen LogP contribution in [0.1, 0.15) is 12.8 Å². The zero-order valence-corrected chi connectivity index (χ0v) is 6.59. The fraction of sp³-hybridized carbons (Fsp3) is 1.00. The van der Waals surface area contributed by atoms with Crippen molar-refractivity contribution in [2.75, 3.05) is 27.7 Å². The lowest BCUT2D eigenvalue weighted by molar-refractivity contribution is 0.147. The van der Waals surface area contributed by atoms with Crippen LogP contribution in [-0.4, -0.2) is 43.7 Å². The number of likely N-dealkylation sites (tertiary alicyclic amines) is 1. The van der Waals surface area contributed by atoms with E-state index in [1.165, 1.54) is 19.4 Å². The van der Waals surface area contributed by atoms with Crippen LogP contribution in [0.3, 0.4) is 0 Å². The first kappa shape index (κ1) is 7.03. The average molecular weight is 128 g/mol. The summed E-state index contributed by atoms with van der Waals surface area (Å²) in [6.07, 6.45) is 3.40. The van der Waals surface area contributed by atoms with E-state index in [0.29, 0.717) is 6.17 Å². The van der Waals surface area contributed by atoms with Crippen molar-refractivity contribution in [2.24, 2.45) is 0 Å². The van der Waals surface area contributed by atoms with Crippen LogP contribution in [0.5, 0.6) is 0 Å². The van der Waals surface area contributed by atoms with Gasteiger partial charge in [0.05, 0.1) is 6.17 Å². The molecule has 2 heteroatoms. The molecule has 0 saturated carbocycles. The highest BCUT2D eigenvalue weighted by atomic mass is 15.3. The lowest BCUT2D eigenvalue weighted by atomic mass is 10.3. The number of nitrogens with zero attached hydrogens (tertiary/aromatic N) is 2. The van der Waals surface area contributed by atoms with E-state index >= 15 is 0 Å². The maximum atomic E-state index is 2.40. The molecule has 0 radical (unpaired) electrons. The predicted molar refractivity (Wildman–Crippen MR) is 39.3 cm³/mol. The monoisotopic (exact) mass is 128 g/mol. The minimum absolute atomic E-state index is 0.699. The third kappa shape index (κ3) is 1.43. The van der Waals surface area contributed by atoms with Crippen molar-refractivity contribution in [3.8, 4) is 0 Å². The Kier molecular flexibility index (Phi) is 2.09. The van der Waals surface area contributed by atoms with Gasteiger partial charge in [-0.3, -0.25) is 9.80 Å². The molecule has 54 valence electrons. The number of hydrogen-bond donors (Lipinski definition) is 0. The van der Waals surface area contributed by atoms with Gasteiger partial charge in [0.1, 0.15) is 0 Å². The summed E-state index contributed by atoms with van der Waals surface area (Å²) in [7, 11) is 6.48. The highest BCUT2D eigenvalue weighted by Gasteiger charge is 2.21. The molecule has 1 unspecified atom stereocenters. The van der Waals surface area contributed by atoms with Gasteiger partial charge in [0.15, 0.2) is 0 Å². The van der Waals surface area contributed by atoms with Crippen molar-refractivity contribution >= 4 is 0 Å². The van der Waals surface area contributed by atoms with Crippen LogP contribution in [0.25, 0.3) is 0 Å². The summed E-state index contributed by atoms with van der Waals surface area (Å²) in [5, 5.41) is 0. The Morgan fingerprint density at radius 1 is 1.44 bits per heavy atom. The molecular weight excluding hydrogens is 112 g/mol. The van der Waals surface area contributed by atoms with Crippen molar-refractivity contribution in [1.82, 2.24) is 9.80 Å². The van der Waals surface area contributed by atoms with Gasteiger partial charge in [-0.15, -0.1) is 0 Å². The summed E-state index contributed by atoms with van der Waals surface area (Å²) in [6, 6.07) is 0. The lowest BCUT2D eigenvalue weighted by Crippen LogP contribution is -2.37. The van der Waals surface area contributed by atoms with E-state index in [0.717, 1.165) is 0 Å². The molecule has 9 heavy (non-hydrogen) atoms. The number of hydrogen-bond acceptors (Lipinski definition) is 2. The Morgan fingerprint density at radius 3 is 2.33 bits per heavy atom. The predicted octanol–water partition coefficient (Wildman–Crippen LogP) is 0.600. The van der Waals surface area contributed by atoms with Crippen molar-refractivity contribution in [1.29, 1.82) is 0 Å². The number of rotatable bonds is 1. The van der Waals surface area contributed by atoms with Gasteiger partial charge in [-0.25, -0.2) is 0 Å². The molecular formula is C7H16N2. The third-order valence-electron chi connectivity index (χ3n) is 2.08. The molecule has 0 spiro atoms. The minimum Gasteiger partial charge on any atom is -0.294 e. The topological polar surface area (TPSA) is 6.48 Å². The van der Waals surface area contributed by atoms with Gasteiger partial charge < -0.3 is 0 Å². The largest absolute Gasteiger partial charge is 0.294 e. The van der Waals surface area contributed by atoms with Crippen LogP contribution in [0, 0.1) is 0 Å². The Labute approximate surface area is 57.4 Å². The Hall–Kier alpha value is -0.0800. The standard InChI is InChI=1S/C7H16N2/c1-8(2)7-5-4-6-9(7)3/h7H,4-6H2,1-3H3. The van der Waals surface area contributed by atoms with E-state index in [1.54, 1.807) is 0 Å². The van der Waals surface area contributed by atoms with Gasteiger partial charge >= 0.3 is 0 Å². The molecule has 0 bridgehead atoms. The Balaban J connectivity index is 2.40. The van der Waals surface area contributed by atoms with E-state index in [1.807, 2.05) is 0 Å². The van der Waals surface area contributed by atoms with E-state index in [9.17, 15) is 0 Å². The molecule has 1 aliphatic heterocycles. The van der Waals surface area contributed by atoms with Crippen LogP contribution in [-0.2, 0) is 0 Å². The quantitative estimate of drug-likeness (QED) is 0.510.